The summed E-state index contributed by atoms with van der Waals surface area (Å²) in [5.41, 5.74) is 5.48. The van der Waals surface area contributed by atoms with E-state index in [2.05, 4.69) is 48.2 Å². The van der Waals surface area contributed by atoms with Crippen molar-refractivity contribution in [3.05, 3.63) is 29.6 Å². The fourth-order valence-corrected chi connectivity index (χ4v) is 2.76. The molecule has 3 rings (SSSR count). The Balaban J connectivity index is 2.03. The van der Waals surface area contributed by atoms with E-state index in [-0.39, 0.29) is 0 Å². The standard InChI is InChI=1S/C14H18N2S/c1-10-5-12-13(6-11(10)2)16(9-15-12)7-14(8-17)3-4-14/h5-6,9,17H,3-4,7-8H2,1-2H3. The Hall–Kier alpha value is -0.960. The van der Waals surface area contributed by atoms with Crippen molar-refractivity contribution in [2.45, 2.75) is 33.2 Å². The SMILES string of the molecule is Cc1cc2ncn(CC3(CS)CC3)c2cc1C. The van der Waals surface area contributed by atoms with Gasteiger partial charge in [-0.1, -0.05) is 0 Å². The number of hydrogen-bond donors (Lipinski definition) is 1. The van der Waals surface area contributed by atoms with Gasteiger partial charge in [0.05, 0.1) is 17.4 Å². The van der Waals surface area contributed by atoms with Crippen molar-refractivity contribution in [1.82, 2.24) is 9.55 Å². The second-order valence-electron chi connectivity index (χ2n) is 5.46. The molecule has 2 aromatic rings. The van der Waals surface area contributed by atoms with Gasteiger partial charge in [-0.3, -0.25) is 0 Å². The average Bonchev–Trinajstić information content (AvgIpc) is 3.00. The number of hydrogen-bond acceptors (Lipinski definition) is 2. The van der Waals surface area contributed by atoms with Crippen LogP contribution in [0.1, 0.15) is 24.0 Å². The van der Waals surface area contributed by atoms with Crippen LogP contribution >= 0.6 is 12.6 Å². The van der Waals surface area contributed by atoms with Gasteiger partial charge >= 0.3 is 0 Å². The quantitative estimate of drug-likeness (QED) is 0.822. The van der Waals surface area contributed by atoms with Crippen LogP contribution in [0.25, 0.3) is 11.0 Å². The molecule has 1 heterocycles. The molecule has 17 heavy (non-hydrogen) atoms. The minimum absolute atomic E-state index is 0.440. The van der Waals surface area contributed by atoms with E-state index in [1.54, 1.807) is 0 Å². The summed E-state index contributed by atoms with van der Waals surface area (Å²) in [7, 11) is 0. The predicted octanol–water partition coefficient (Wildman–Crippen LogP) is 3.36. The Morgan fingerprint density at radius 1 is 1.29 bits per heavy atom. The van der Waals surface area contributed by atoms with Crippen LogP contribution in [0.4, 0.5) is 0 Å². The highest BCUT2D eigenvalue weighted by Crippen LogP contribution is 2.48. The summed E-state index contributed by atoms with van der Waals surface area (Å²) in [6.45, 7) is 5.37. The number of benzene rings is 1. The number of fused-ring (bicyclic) bond motifs is 1. The molecule has 1 fully saturated rings. The van der Waals surface area contributed by atoms with Crippen LogP contribution in [0.15, 0.2) is 18.5 Å². The molecular formula is C14H18N2S. The van der Waals surface area contributed by atoms with Crippen LogP contribution in [0.2, 0.25) is 0 Å². The highest BCUT2D eigenvalue weighted by Gasteiger charge is 2.41. The van der Waals surface area contributed by atoms with Gasteiger partial charge in [0.1, 0.15) is 0 Å². The van der Waals surface area contributed by atoms with Crippen molar-refractivity contribution < 1.29 is 0 Å². The van der Waals surface area contributed by atoms with Gasteiger partial charge in [0.2, 0.25) is 0 Å². The van der Waals surface area contributed by atoms with E-state index >= 15 is 0 Å². The zero-order valence-electron chi connectivity index (χ0n) is 10.4. The molecular weight excluding hydrogens is 228 g/mol. The zero-order chi connectivity index (χ0) is 12.0. The lowest BCUT2D eigenvalue weighted by Crippen LogP contribution is -2.12. The van der Waals surface area contributed by atoms with E-state index in [1.807, 2.05) is 6.33 Å². The highest BCUT2D eigenvalue weighted by molar-refractivity contribution is 7.80. The van der Waals surface area contributed by atoms with Gasteiger partial charge < -0.3 is 4.57 Å². The maximum Gasteiger partial charge on any atom is 0.0958 e. The molecule has 1 saturated carbocycles. The van der Waals surface area contributed by atoms with Gasteiger partial charge in [-0.15, -0.1) is 0 Å². The predicted molar refractivity (Wildman–Crippen MR) is 74.7 cm³/mol. The first-order valence-corrected chi connectivity index (χ1v) is 6.80. The summed E-state index contributed by atoms with van der Waals surface area (Å²) in [6, 6.07) is 4.44. The number of nitrogens with zero attached hydrogens (tertiary/aromatic N) is 2. The van der Waals surface area contributed by atoms with E-state index < -0.39 is 0 Å². The molecule has 1 aliphatic rings. The summed E-state index contributed by atoms with van der Waals surface area (Å²) < 4.78 is 2.30. The summed E-state index contributed by atoms with van der Waals surface area (Å²) in [6.07, 6.45) is 4.59. The molecule has 0 spiro atoms. The van der Waals surface area contributed by atoms with Crippen molar-refractivity contribution in [3.63, 3.8) is 0 Å². The molecule has 0 aliphatic heterocycles. The average molecular weight is 246 g/mol. The summed E-state index contributed by atoms with van der Waals surface area (Å²) >= 11 is 4.47. The molecule has 0 bridgehead atoms. The lowest BCUT2D eigenvalue weighted by molar-refractivity contribution is 0.482. The lowest BCUT2D eigenvalue weighted by Gasteiger charge is -2.13. The third-order valence-electron chi connectivity index (χ3n) is 4.03. The van der Waals surface area contributed by atoms with E-state index in [0.717, 1.165) is 17.8 Å². The fraction of sp³-hybridized carbons (Fsp3) is 0.500. The molecule has 1 aromatic heterocycles. The van der Waals surface area contributed by atoms with Gasteiger partial charge in [0, 0.05) is 6.54 Å². The Morgan fingerprint density at radius 3 is 2.65 bits per heavy atom. The molecule has 1 aliphatic carbocycles. The maximum absolute atomic E-state index is 4.50. The summed E-state index contributed by atoms with van der Waals surface area (Å²) in [5, 5.41) is 0. The topological polar surface area (TPSA) is 17.8 Å². The molecule has 0 N–H and O–H groups in total. The molecule has 0 amide bonds. The monoisotopic (exact) mass is 246 g/mol. The molecule has 0 unspecified atom stereocenters. The normalized spacial score (nSPS) is 17.6. The zero-order valence-corrected chi connectivity index (χ0v) is 11.3. The van der Waals surface area contributed by atoms with E-state index in [0.29, 0.717) is 5.41 Å². The van der Waals surface area contributed by atoms with Crippen LogP contribution in [-0.4, -0.2) is 15.3 Å². The molecule has 0 saturated heterocycles. The fourth-order valence-electron chi connectivity index (χ4n) is 2.34. The third-order valence-corrected chi connectivity index (χ3v) is 4.71. The van der Waals surface area contributed by atoms with E-state index in [9.17, 15) is 0 Å². The molecule has 0 radical (unpaired) electrons. The van der Waals surface area contributed by atoms with Crippen LogP contribution < -0.4 is 0 Å². The van der Waals surface area contributed by atoms with Crippen molar-refractivity contribution >= 4 is 23.7 Å². The first-order valence-electron chi connectivity index (χ1n) is 6.16. The van der Waals surface area contributed by atoms with Crippen molar-refractivity contribution in [2.24, 2.45) is 5.41 Å². The number of aromatic nitrogens is 2. The first kappa shape index (κ1) is 11.1. The Bertz CT molecular complexity index is 567. The van der Waals surface area contributed by atoms with Crippen molar-refractivity contribution in [1.29, 1.82) is 0 Å². The summed E-state index contributed by atoms with van der Waals surface area (Å²) in [4.78, 5) is 4.50. The van der Waals surface area contributed by atoms with Gasteiger partial charge in [0.15, 0.2) is 0 Å². The molecule has 3 heteroatoms. The number of thiol groups is 1. The maximum atomic E-state index is 4.50. The molecule has 90 valence electrons. The van der Waals surface area contributed by atoms with Gasteiger partial charge in [0.25, 0.3) is 0 Å². The van der Waals surface area contributed by atoms with Crippen LogP contribution in [-0.2, 0) is 6.54 Å². The second kappa shape index (κ2) is 3.77. The number of rotatable bonds is 3. The molecule has 2 nitrogen and oxygen atoms in total. The Labute approximate surface area is 107 Å². The Morgan fingerprint density at radius 2 is 2.00 bits per heavy atom. The van der Waals surface area contributed by atoms with Crippen molar-refractivity contribution in [3.8, 4) is 0 Å². The molecule has 1 aromatic carbocycles. The molecule has 0 atom stereocenters. The van der Waals surface area contributed by atoms with Crippen LogP contribution in [0, 0.1) is 19.3 Å². The van der Waals surface area contributed by atoms with E-state index in [1.165, 1.54) is 29.5 Å². The van der Waals surface area contributed by atoms with Gasteiger partial charge in [-0.25, -0.2) is 4.98 Å². The van der Waals surface area contributed by atoms with Gasteiger partial charge in [-0.2, -0.15) is 12.6 Å². The summed E-state index contributed by atoms with van der Waals surface area (Å²) in [5.74, 6) is 0.984. The van der Waals surface area contributed by atoms with Gasteiger partial charge in [-0.05, 0) is 61.1 Å². The first-order chi connectivity index (χ1) is 8.13. The van der Waals surface area contributed by atoms with E-state index in [4.69, 9.17) is 0 Å². The van der Waals surface area contributed by atoms with Crippen LogP contribution in [0.3, 0.4) is 0 Å². The largest absolute Gasteiger partial charge is 0.330 e. The third kappa shape index (κ3) is 1.86. The number of imidazole rings is 1. The minimum Gasteiger partial charge on any atom is -0.330 e. The highest BCUT2D eigenvalue weighted by atomic mass is 32.1. The smallest absolute Gasteiger partial charge is 0.0958 e. The Kier molecular flexibility index (Phi) is 2.47. The second-order valence-corrected chi connectivity index (χ2v) is 5.77. The number of aryl methyl sites for hydroxylation is 2. The minimum atomic E-state index is 0.440. The van der Waals surface area contributed by atoms with Crippen molar-refractivity contribution in [2.75, 3.05) is 5.75 Å². The van der Waals surface area contributed by atoms with Crippen LogP contribution in [0.5, 0.6) is 0 Å². The lowest BCUT2D eigenvalue weighted by atomic mass is 10.1.